The lowest BCUT2D eigenvalue weighted by Crippen LogP contribution is -2.03. The Morgan fingerprint density at radius 3 is 1.61 bits per heavy atom. The maximum Gasteiger partial charge on any atom is 0.166 e. The summed E-state index contributed by atoms with van der Waals surface area (Å²) in [6.07, 6.45) is 0. The van der Waals surface area contributed by atoms with Crippen LogP contribution in [0, 0.1) is 0 Å². The number of hydrogen-bond donors (Lipinski definition) is 0. The molecule has 4 nitrogen and oxygen atoms in total. The summed E-state index contributed by atoms with van der Waals surface area (Å²) >= 11 is 0. The molecule has 2 aromatic heterocycles. The first-order valence-corrected chi connectivity index (χ1v) is 19.4. The van der Waals surface area contributed by atoms with Gasteiger partial charge in [0.2, 0.25) is 0 Å². The van der Waals surface area contributed by atoms with Crippen molar-refractivity contribution in [2.75, 3.05) is 0 Å². The van der Waals surface area contributed by atoms with Crippen LogP contribution in [0.25, 0.3) is 117 Å². The highest BCUT2D eigenvalue weighted by molar-refractivity contribution is 6.30. The number of rotatable bonds is 5. The summed E-state index contributed by atoms with van der Waals surface area (Å²) in [4.78, 5) is 15.7. The van der Waals surface area contributed by atoms with Gasteiger partial charge in [-0.05, 0) is 85.3 Å². The molecule has 2 heterocycles. The van der Waals surface area contributed by atoms with Gasteiger partial charge in [-0.15, -0.1) is 0 Å². The third-order valence-corrected chi connectivity index (χ3v) is 11.6. The summed E-state index contributed by atoms with van der Waals surface area (Å²) in [7, 11) is 0. The average molecular weight is 725 g/mol. The molecule has 0 radical (unpaired) electrons. The van der Waals surface area contributed by atoms with Crippen molar-refractivity contribution in [1.29, 1.82) is 0 Å². The fourth-order valence-corrected chi connectivity index (χ4v) is 8.97. The first-order valence-electron chi connectivity index (χ1n) is 19.4. The van der Waals surface area contributed by atoms with Gasteiger partial charge in [0, 0.05) is 27.5 Å². The molecule has 0 spiro atoms. The lowest BCUT2D eigenvalue weighted by Gasteiger charge is -2.16. The van der Waals surface area contributed by atoms with Crippen LogP contribution in [0.5, 0.6) is 0 Å². The summed E-state index contributed by atoms with van der Waals surface area (Å²) in [5, 5.41) is 7.37. The summed E-state index contributed by atoms with van der Waals surface area (Å²) < 4.78 is 2.42. The molecule has 57 heavy (non-hydrogen) atoms. The number of benzene rings is 9. The van der Waals surface area contributed by atoms with Gasteiger partial charge in [-0.25, -0.2) is 15.0 Å². The lowest BCUT2D eigenvalue weighted by molar-refractivity contribution is 1.06. The van der Waals surface area contributed by atoms with Crippen LogP contribution in [0.4, 0.5) is 0 Å². The zero-order valence-corrected chi connectivity index (χ0v) is 30.8. The van der Waals surface area contributed by atoms with Crippen molar-refractivity contribution in [3.8, 4) is 73.2 Å². The summed E-state index contributed by atoms with van der Waals surface area (Å²) in [6.45, 7) is 0. The Balaban J connectivity index is 1.11. The number of fused-ring (bicyclic) bond motifs is 4. The molecule has 9 aromatic carbocycles. The normalized spacial score (nSPS) is 11.9. The van der Waals surface area contributed by atoms with Gasteiger partial charge in [0.05, 0.1) is 16.7 Å². The molecule has 0 fully saturated rings. The van der Waals surface area contributed by atoms with Crippen LogP contribution in [0.2, 0.25) is 0 Å². The van der Waals surface area contributed by atoms with Crippen molar-refractivity contribution >= 4 is 43.4 Å². The molecule has 0 atom stereocenters. The zero-order valence-electron chi connectivity index (χ0n) is 30.8. The molecular weight excluding hydrogens is 693 g/mol. The Bertz CT molecular complexity index is 3400. The van der Waals surface area contributed by atoms with Crippen molar-refractivity contribution in [3.63, 3.8) is 0 Å². The van der Waals surface area contributed by atoms with E-state index in [0.717, 1.165) is 44.4 Å². The Kier molecular flexibility index (Phi) is 6.89. The highest BCUT2D eigenvalue weighted by Gasteiger charge is 2.26. The summed E-state index contributed by atoms with van der Waals surface area (Å²) in [6, 6.07) is 69.2. The van der Waals surface area contributed by atoms with Crippen LogP contribution in [0.15, 0.2) is 194 Å². The van der Waals surface area contributed by atoms with E-state index in [9.17, 15) is 0 Å². The standard InChI is InChI=1S/C53H32N4/c1-2-12-33(13-3-1)35-24-27-37(28-25-35)51-54-52(39-29-26-34-14-4-5-15-38(34)32-39)56-53(55-51)44-19-8-9-22-45(44)57-46-23-11-21-43-41-18-7-6-17-40(41)42-20-10-16-36-30-31-47(57)50(48(36)42)49(43)46/h1-32H. The van der Waals surface area contributed by atoms with E-state index in [4.69, 9.17) is 15.0 Å². The van der Waals surface area contributed by atoms with E-state index >= 15 is 0 Å². The number of nitrogens with zero attached hydrogens (tertiary/aromatic N) is 4. The quantitative estimate of drug-likeness (QED) is 0.177. The minimum absolute atomic E-state index is 0.621. The second kappa shape index (κ2) is 12.4. The van der Waals surface area contributed by atoms with E-state index in [1.54, 1.807) is 0 Å². The predicted octanol–water partition coefficient (Wildman–Crippen LogP) is 13.6. The van der Waals surface area contributed by atoms with E-state index < -0.39 is 0 Å². The maximum absolute atomic E-state index is 5.29. The van der Waals surface area contributed by atoms with Gasteiger partial charge in [0.1, 0.15) is 0 Å². The third kappa shape index (κ3) is 4.91. The van der Waals surface area contributed by atoms with Gasteiger partial charge >= 0.3 is 0 Å². The van der Waals surface area contributed by atoms with Gasteiger partial charge in [0.25, 0.3) is 0 Å². The van der Waals surface area contributed by atoms with Crippen molar-refractivity contribution in [3.05, 3.63) is 194 Å². The number of para-hydroxylation sites is 1. The average Bonchev–Trinajstić information content (AvgIpc) is 3.57. The van der Waals surface area contributed by atoms with Crippen LogP contribution in [0.3, 0.4) is 0 Å². The van der Waals surface area contributed by atoms with Gasteiger partial charge < -0.3 is 4.57 Å². The molecule has 11 aromatic rings. The summed E-state index contributed by atoms with van der Waals surface area (Å²) in [5.74, 6) is 1.88. The molecule has 0 unspecified atom stereocenters. The molecular formula is C53H32N4. The van der Waals surface area contributed by atoms with Gasteiger partial charge in [-0.2, -0.15) is 0 Å². The molecule has 264 valence electrons. The third-order valence-electron chi connectivity index (χ3n) is 11.6. The highest BCUT2D eigenvalue weighted by atomic mass is 15.1. The first kappa shape index (κ1) is 31.6. The molecule has 1 aliphatic rings. The second-order valence-corrected chi connectivity index (χ2v) is 14.8. The number of aromatic nitrogens is 4. The SMILES string of the molecule is c1ccc(-c2ccc(-c3nc(-c4ccc5ccccc5c4)nc(-c4ccccc4-n4c5cccc6c5c5c7c(cccc7ccc54)-c4ccccc4-6)n3)cc2)cc1. The Morgan fingerprint density at radius 2 is 0.807 bits per heavy atom. The molecule has 0 aliphatic heterocycles. The van der Waals surface area contributed by atoms with Crippen LogP contribution >= 0.6 is 0 Å². The van der Waals surface area contributed by atoms with Gasteiger partial charge in [0.15, 0.2) is 17.5 Å². The predicted molar refractivity (Wildman–Crippen MR) is 235 cm³/mol. The van der Waals surface area contributed by atoms with E-state index in [1.807, 2.05) is 6.07 Å². The fourth-order valence-electron chi connectivity index (χ4n) is 8.97. The molecule has 0 bridgehead atoms. The molecule has 0 saturated heterocycles. The number of hydrogen-bond acceptors (Lipinski definition) is 3. The molecule has 12 rings (SSSR count). The van der Waals surface area contributed by atoms with Gasteiger partial charge in [-0.1, -0.05) is 164 Å². The topological polar surface area (TPSA) is 43.6 Å². The van der Waals surface area contributed by atoms with E-state index in [2.05, 4.69) is 193 Å². The van der Waals surface area contributed by atoms with Crippen LogP contribution < -0.4 is 0 Å². The minimum atomic E-state index is 0.621. The van der Waals surface area contributed by atoms with Crippen molar-refractivity contribution in [1.82, 2.24) is 19.5 Å². The van der Waals surface area contributed by atoms with Crippen LogP contribution in [0.1, 0.15) is 0 Å². The van der Waals surface area contributed by atoms with Crippen molar-refractivity contribution in [2.45, 2.75) is 0 Å². The first-order chi connectivity index (χ1) is 28.3. The van der Waals surface area contributed by atoms with E-state index in [1.165, 1.54) is 54.7 Å². The van der Waals surface area contributed by atoms with Crippen molar-refractivity contribution < 1.29 is 0 Å². The molecule has 1 aliphatic carbocycles. The van der Waals surface area contributed by atoms with E-state index in [-0.39, 0.29) is 0 Å². The lowest BCUT2D eigenvalue weighted by atomic mass is 9.93. The fraction of sp³-hybridized carbons (Fsp3) is 0. The van der Waals surface area contributed by atoms with Crippen molar-refractivity contribution in [2.24, 2.45) is 0 Å². The zero-order chi connectivity index (χ0) is 37.5. The Labute approximate surface area is 329 Å². The monoisotopic (exact) mass is 724 g/mol. The Morgan fingerprint density at radius 1 is 0.281 bits per heavy atom. The smallest absolute Gasteiger partial charge is 0.166 e. The van der Waals surface area contributed by atoms with Gasteiger partial charge in [-0.3, -0.25) is 0 Å². The summed E-state index contributed by atoms with van der Waals surface area (Å²) in [5.41, 5.74) is 13.5. The maximum atomic E-state index is 5.29. The second-order valence-electron chi connectivity index (χ2n) is 14.8. The molecule has 0 amide bonds. The van der Waals surface area contributed by atoms with E-state index in [0.29, 0.717) is 17.5 Å². The minimum Gasteiger partial charge on any atom is -0.308 e. The molecule has 4 heteroatoms. The van der Waals surface area contributed by atoms with Crippen LogP contribution in [-0.4, -0.2) is 19.5 Å². The largest absolute Gasteiger partial charge is 0.308 e. The molecule has 0 saturated carbocycles. The molecule has 0 N–H and O–H groups in total. The highest BCUT2D eigenvalue weighted by Crippen LogP contribution is 2.50. The van der Waals surface area contributed by atoms with Crippen LogP contribution in [-0.2, 0) is 0 Å². The Hall–Kier alpha value is -7.69.